The van der Waals surface area contributed by atoms with Crippen molar-refractivity contribution < 1.29 is 0 Å². The Balaban J connectivity index is 1.99. The fourth-order valence-corrected chi connectivity index (χ4v) is 4.48. The van der Waals surface area contributed by atoms with Crippen LogP contribution in [0.4, 0.5) is 11.4 Å². The molecule has 2 aromatic rings. The van der Waals surface area contributed by atoms with Crippen LogP contribution >= 0.6 is 31.9 Å². The number of anilines is 2. The van der Waals surface area contributed by atoms with Crippen LogP contribution in [0.5, 0.6) is 0 Å². The van der Waals surface area contributed by atoms with E-state index in [1.165, 1.54) is 22.4 Å². The topological polar surface area (TPSA) is 29.3 Å². The van der Waals surface area contributed by atoms with Crippen LogP contribution in [0.1, 0.15) is 16.7 Å². The molecule has 0 unspecified atom stereocenters. The molecular formula is C15H14Br2N2. The van der Waals surface area contributed by atoms with Gasteiger partial charge in [0.1, 0.15) is 0 Å². The fourth-order valence-electron chi connectivity index (χ4n) is 2.57. The van der Waals surface area contributed by atoms with Gasteiger partial charge in [-0.15, -0.1) is 0 Å². The Bertz CT molecular complexity index is 630. The number of rotatable bonds is 1. The van der Waals surface area contributed by atoms with Crippen LogP contribution in [0.3, 0.4) is 0 Å². The highest BCUT2D eigenvalue weighted by molar-refractivity contribution is 9.11. The summed E-state index contributed by atoms with van der Waals surface area (Å²) < 4.78 is 2.25. The van der Waals surface area contributed by atoms with Crippen molar-refractivity contribution in [2.75, 3.05) is 10.6 Å². The van der Waals surface area contributed by atoms with E-state index >= 15 is 0 Å². The second kappa shape index (κ2) is 4.84. The third-order valence-corrected chi connectivity index (χ3v) is 4.64. The second-order valence-corrected chi connectivity index (χ2v) is 6.67. The minimum atomic E-state index is 0.836. The van der Waals surface area contributed by atoms with Gasteiger partial charge in [0.2, 0.25) is 0 Å². The maximum absolute atomic E-state index is 5.86. The Morgan fingerprint density at radius 3 is 2.32 bits per heavy atom. The second-order valence-electron chi connectivity index (χ2n) is 4.96. The summed E-state index contributed by atoms with van der Waals surface area (Å²) in [7, 11) is 0. The number of hydrogen-bond acceptors (Lipinski definition) is 2. The molecular weight excluding hydrogens is 368 g/mol. The maximum Gasteiger partial charge on any atom is 0.0661 e. The minimum absolute atomic E-state index is 0.836. The predicted molar refractivity (Wildman–Crippen MR) is 87.3 cm³/mol. The van der Waals surface area contributed by atoms with Crippen molar-refractivity contribution >= 4 is 43.2 Å². The first kappa shape index (κ1) is 13.0. The molecule has 0 atom stereocenters. The van der Waals surface area contributed by atoms with E-state index in [9.17, 15) is 0 Å². The molecule has 0 saturated carbocycles. The third kappa shape index (κ3) is 2.39. The fraction of sp³-hybridized carbons (Fsp3) is 0.200. The van der Waals surface area contributed by atoms with E-state index in [4.69, 9.17) is 5.73 Å². The number of nitrogens with zero attached hydrogens (tertiary/aromatic N) is 1. The Morgan fingerprint density at radius 1 is 1.00 bits per heavy atom. The van der Waals surface area contributed by atoms with Crippen LogP contribution in [0.2, 0.25) is 0 Å². The zero-order chi connectivity index (χ0) is 13.6. The molecule has 0 amide bonds. The van der Waals surface area contributed by atoms with E-state index in [1.54, 1.807) is 0 Å². The molecule has 98 valence electrons. The first-order valence-corrected chi connectivity index (χ1v) is 7.71. The molecule has 3 rings (SSSR count). The molecule has 2 aromatic carbocycles. The molecule has 1 aliphatic heterocycles. The lowest BCUT2D eigenvalue weighted by Crippen LogP contribution is -2.15. The van der Waals surface area contributed by atoms with E-state index in [1.807, 2.05) is 6.07 Å². The molecule has 0 aliphatic carbocycles. The van der Waals surface area contributed by atoms with Crippen LogP contribution in [0.25, 0.3) is 0 Å². The minimum Gasteiger partial charge on any atom is -0.399 e. The Kier molecular flexibility index (Phi) is 3.31. The molecule has 0 aromatic heterocycles. The van der Waals surface area contributed by atoms with Gasteiger partial charge in [0, 0.05) is 27.7 Å². The number of benzene rings is 2. The number of hydrogen-bond donors (Lipinski definition) is 1. The van der Waals surface area contributed by atoms with Gasteiger partial charge in [-0.2, -0.15) is 0 Å². The largest absolute Gasteiger partial charge is 0.399 e. The summed E-state index contributed by atoms with van der Waals surface area (Å²) in [6.45, 7) is 3.93. The molecule has 19 heavy (non-hydrogen) atoms. The van der Waals surface area contributed by atoms with Crippen LogP contribution < -0.4 is 10.6 Å². The lowest BCUT2D eigenvalue weighted by Gasteiger charge is -2.21. The van der Waals surface area contributed by atoms with Crippen molar-refractivity contribution in [2.24, 2.45) is 0 Å². The van der Waals surface area contributed by atoms with Gasteiger partial charge < -0.3 is 10.6 Å². The molecule has 0 radical (unpaired) electrons. The van der Waals surface area contributed by atoms with Gasteiger partial charge in [-0.25, -0.2) is 0 Å². The normalized spacial score (nSPS) is 13.7. The molecule has 0 bridgehead atoms. The van der Waals surface area contributed by atoms with E-state index in [0.29, 0.717) is 0 Å². The van der Waals surface area contributed by atoms with Gasteiger partial charge in [-0.1, -0.05) is 6.07 Å². The zero-order valence-corrected chi connectivity index (χ0v) is 13.8. The SMILES string of the molecule is Cc1cc(Br)c(N2Cc3ccc(N)cc3C2)c(Br)c1. The standard InChI is InChI=1S/C15H14Br2N2/c1-9-4-13(16)15(14(17)5-9)19-7-10-2-3-12(18)6-11(10)8-19/h2-6H,7-8,18H2,1H3. The van der Waals surface area contributed by atoms with E-state index < -0.39 is 0 Å². The average Bonchev–Trinajstić information content (AvgIpc) is 2.69. The first-order valence-electron chi connectivity index (χ1n) is 6.12. The summed E-state index contributed by atoms with van der Waals surface area (Å²) >= 11 is 7.34. The summed E-state index contributed by atoms with van der Waals surface area (Å²) in [4.78, 5) is 2.36. The molecule has 4 heteroatoms. The summed E-state index contributed by atoms with van der Waals surface area (Å²) in [5.41, 5.74) is 11.8. The molecule has 2 N–H and O–H groups in total. The lowest BCUT2D eigenvalue weighted by molar-refractivity contribution is 0.874. The number of nitrogen functional groups attached to an aromatic ring is 1. The van der Waals surface area contributed by atoms with Crippen molar-refractivity contribution in [3.8, 4) is 0 Å². The Morgan fingerprint density at radius 2 is 1.63 bits per heavy atom. The van der Waals surface area contributed by atoms with Gasteiger partial charge in [0.25, 0.3) is 0 Å². The molecule has 0 spiro atoms. The van der Waals surface area contributed by atoms with Crippen LogP contribution in [-0.4, -0.2) is 0 Å². The van der Waals surface area contributed by atoms with Gasteiger partial charge in [-0.05, 0) is 79.7 Å². The average molecular weight is 382 g/mol. The van der Waals surface area contributed by atoms with Crippen LogP contribution in [0, 0.1) is 6.92 Å². The molecule has 1 heterocycles. The third-order valence-electron chi connectivity index (χ3n) is 3.43. The van der Waals surface area contributed by atoms with Crippen LogP contribution in [-0.2, 0) is 13.1 Å². The number of fused-ring (bicyclic) bond motifs is 1. The van der Waals surface area contributed by atoms with E-state index in [0.717, 1.165) is 27.7 Å². The highest BCUT2D eigenvalue weighted by atomic mass is 79.9. The van der Waals surface area contributed by atoms with E-state index in [-0.39, 0.29) is 0 Å². The summed E-state index contributed by atoms with van der Waals surface area (Å²) in [6, 6.07) is 10.5. The first-order chi connectivity index (χ1) is 9.04. The zero-order valence-electron chi connectivity index (χ0n) is 10.6. The number of nitrogens with two attached hydrogens (primary N) is 1. The molecule has 1 aliphatic rings. The van der Waals surface area contributed by atoms with Gasteiger partial charge in [-0.3, -0.25) is 0 Å². The van der Waals surface area contributed by atoms with Crippen molar-refractivity contribution in [3.05, 3.63) is 56.0 Å². The quantitative estimate of drug-likeness (QED) is 0.730. The molecule has 0 fully saturated rings. The van der Waals surface area contributed by atoms with Crippen molar-refractivity contribution in [1.82, 2.24) is 0 Å². The van der Waals surface area contributed by atoms with Crippen LogP contribution in [0.15, 0.2) is 39.3 Å². The number of halogens is 2. The van der Waals surface area contributed by atoms with Crippen molar-refractivity contribution in [2.45, 2.75) is 20.0 Å². The monoisotopic (exact) mass is 380 g/mol. The lowest BCUT2D eigenvalue weighted by atomic mass is 10.1. The predicted octanol–water partition coefficient (Wildman–Crippen LogP) is 4.62. The molecule has 2 nitrogen and oxygen atoms in total. The van der Waals surface area contributed by atoms with Gasteiger partial charge in [0.05, 0.1) is 5.69 Å². The Labute approximate surface area is 129 Å². The van der Waals surface area contributed by atoms with Gasteiger partial charge in [0.15, 0.2) is 0 Å². The number of aryl methyl sites for hydroxylation is 1. The highest BCUT2D eigenvalue weighted by Gasteiger charge is 2.22. The summed E-state index contributed by atoms with van der Waals surface area (Å²) in [6.07, 6.45) is 0. The highest BCUT2D eigenvalue weighted by Crippen LogP contribution is 2.39. The smallest absolute Gasteiger partial charge is 0.0661 e. The van der Waals surface area contributed by atoms with Gasteiger partial charge >= 0.3 is 0 Å². The molecule has 0 saturated heterocycles. The summed E-state index contributed by atoms with van der Waals surface area (Å²) in [5, 5.41) is 0. The Hall–Kier alpha value is -1.000. The van der Waals surface area contributed by atoms with Crippen molar-refractivity contribution in [3.63, 3.8) is 0 Å². The van der Waals surface area contributed by atoms with Crippen molar-refractivity contribution in [1.29, 1.82) is 0 Å². The summed E-state index contributed by atoms with van der Waals surface area (Å²) in [5.74, 6) is 0. The maximum atomic E-state index is 5.86. The van der Waals surface area contributed by atoms with E-state index in [2.05, 4.69) is 67.9 Å².